The van der Waals surface area contributed by atoms with E-state index in [1.165, 1.54) is 25.7 Å². The van der Waals surface area contributed by atoms with Gasteiger partial charge in [0, 0.05) is 6.04 Å². The van der Waals surface area contributed by atoms with E-state index >= 15 is 0 Å². The summed E-state index contributed by atoms with van der Waals surface area (Å²) in [5.41, 5.74) is 0. The van der Waals surface area contributed by atoms with Gasteiger partial charge in [0.1, 0.15) is 0 Å². The molecule has 1 rings (SSSR count). The van der Waals surface area contributed by atoms with Crippen molar-refractivity contribution in [2.24, 2.45) is 5.92 Å². The van der Waals surface area contributed by atoms with Gasteiger partial charge in [0.25, 0.3) is 0 Å². The summed E-state index contributed by atoms with van der Waals surface area (Å²) in [6, 6.07) is 0.338. The van der Waals surface area contributed by atoms with Crippen molar-refractivity contribution >= 4 is 6.09 Å². The zero-order valence-corrected chi connectivity index (χ0v) is 12.5. The molecular formula is C15H30N2O2. The summed E-state index contributed by atoms with van der Waals surface area (Å²) in [6.45, 7) is 6.92. The summed E-state index contributed by atoms with van der Waals surface area (Å²) in [6.07, 6.45) is 7.80. The molecule has 1 saturated carbocycles. The first kappa shape index (κ1) is 16.3. The van der Waals surface area contributed by atoms with E-state index in [1.54, 1.807) is 0 Å². The normalized spacial score (nSPS) is 16.6. The minimum Gasteiger partial charge on any atom is -0.450 e. The molecule has 0 spiro atoms. The molecule has 112 valence electrons. The first-order chi connectivity index (χ1) is 9.18. The van der Waals surface area contributed by atoms with Crippen molar-refractivity contribution in [1.82, 2.24) is 10.6 Å². The van der Waals surface area contributed by atoms with Crippen LogP contribution < -0.4 is 10.6 Å². The van der Waals surface area contributed by atoms with Crippen LogP contribution in [0, 0.1) is 5.92 Å². The van der Waals surface area contributed by atoms with Crippen LogP contribution in [0.2, 0.25) is 0 Å². The third-order valence-corrected chi connectivity index (χ3v) is 3.56. The highest BCUT2D eigenvalue weighted by molar-refractivity contribution is 5.67. The van der Waals surface area contributed by atoms with Gasteiger partial charge in [-0.25, -0.2) is 4.79 Å². The maximum atomic E-state index is 11.5. The number of carbonyl (C=O) groups is 1. The SMILES string of the molecule is CC(C)CCNCCCOC(=O)NC1CCCCC1. The van der Waals surface area contributed by atoms with E-state index in [4.69, 9.17) is 4.74 Å². The van der Waals surface area contributed by atoms with Gasteiger partial charge in [-0.3, -0.25) is 0 Å². The summed E-state index contributed by atoms with van der Waals surface area (Å²) in [5, 5.41) is 6.31. The number of hydrogen-bond donors (Lipinski definition) is 2. The second-order valence-electron chi connectivity index (χ2n) is 5.90. The fourth-order valence-corrected chi connectivity index (χ4v) is 2.33. The van der Waals surface area contributed by atoms with E-state index in [-0.39, 0.29) is 6.09 Å². The molecule has 19 heavy (non-hydrogen) atoms. The maximum Gasteiger partial charge on any atom is 0.407 e. The lowest BCUT2D eigenvalue weighted by atomic mass is 9.96. The molecule has 0 saturated heterocycles. The lowest BCUT2D eigenvalue weighted by Gasteiger charge is -2.22. The average Bonchev–Trinajstić information content (AvgIpc) is 2.38. The van der Waals surface area contributed by atoms with Crippen molar-refractivity contribution < 1.29 is 9.53 Å². The zero-order valence-electron chi connectivity index (χ0n) is 12.5. The summed E-state index contributed by atoms with van der Waals surface area (Å²) < 4.78 is 5.18. The maximum absolute atomic E-state index is 11.5. The predicted octanol–water partition coefficient (Wildman–Crippen LogP) is 3.07. The van der Waals surface area contributed by atoms with E-state index in [2.05, 4.69) is 24.5 Å². The summed E-state index contributed by atoms with van der Waals surface area (Å²) in [4.78, 5) is 11.5. The van der Waals surface area contributed by atoms with Crippen molar-refractivity contribution in [3.63, 3.8) is 0 Å². The monoisotopic (exact) mass is 270 g/mol. The Kier molecular flexibility index (Phi) is 8.63. The highest BCUT2D eigenvalue weighted by Crippen LogP contribution is 2.17. The van der Waals surface area contributed by atoms with Crippen molar-refractivity contribution in [1.29, 1.82) is 0 Å². The molecule has 0 aliphatic heterocycles. The topological polar surface area (TPSA) is 50.4 Å². The zero-order chi connectivity index (χ0) is 13.9. The Balaban J connectivity index is 1.89. The highest BCUT2D eigenvalue weighted by atomic mass is 16.5. The minimum atomic E-state index is -0.242. The van der Waals surface area contributed by atoms with Crippen LogP contribution in [0.25, 0.3) is 0 Å². The second-order valence-corrected chi connectivity index (χ2v) is 5.90. The van der Waals surface area contributed by atoms with Crippen LogP contribution in [0.15, 0.2) is 0 Å². The number of amides is 1. The Hall–Kier alpha value is -0.770. The first-order valence-electron chi connectivity index (χ1n) is 7.82. The lowest BCUT2D eigenvalue weighted by Crippen LogP contribution is -2.36. The number of hydrogen-bond acceptors (Lipinski definition) is 3. The fraction of sp³-hybridized carbons (Fsp3) is 0.933. The molecule has 0 heterocycles. The molecule has 0 aromatic heterocycles. The molecule has 1 fully saturated rings. The standard InChI is InChI=1S/C15H30N2O2/c1-13(2)9-11-16-10-6-12-19-15(18)17-14-7-4-3-5-8-14/h13-14,16H,3-12H2,1-2H3,(H,17,18). The van der Waals surface area contributed by atoms with Gasteiger partial charge in [0.15, 0.2) is 0 Å². The predicted molar refractivity (Wildman–Crippen MR) is 78.3 cm³/mol. The fourth-order valence-electron chi connectivity index (χ4n) is 2.33. The molecule has 0 radical (unpaired) electrons. The van der Waals surface area contributed by atoms with Gasteiger partial charge in [0.2, 0.25) is 0 Å². The van der Waals surface area contributed by atoms with Crippen molar-refractivity contribution in [2.75, 3.05) is 19.7 Å². The largest absolute Gasteiger partial charge is 0.450 e. The molecule has 0 unspecified atom stereocenters. The van der Waals surface area contributed by atoms with Crippen molar-refractivity contribution in [3.05, 3.63) is 0 Å². The van der Waals surface area contributed by atoms with E-state index in [1.807, 2.05) is 0 Å². The number of carbonyl (C=O) groups excluding carboxylic acids is 1. The van der Waals surface area contributed by atoms with E-state index in [0.29, 0.717) is 12.6 Å². The minimum absolute atomic E-state index is 0.242. The highest BCUT2D eigenvalue weighted by Gasteiger charge is 2.15. The third kappa shape index (κ3) is 8.87. The van der Waals surface area contributed by atoms with Crippen LogP contribution in [0.1, 0.15) is 58.8 Å². The van der Waals surface area contributed by atoms with E-state index in [9.17, 15) is 4.79 Å². The molecule has 4 heteroatoms. The second kappa shape index (κ2) is 10.1. The molecule has 0 atom stereocenters. The van der Waals surface area contributed by atoms with Crippen LogP contribution in [0.5, 0.6) is 0 Å². The molecule has 0 aromatic rings. The van der Waals surface area contributed by atoms with Gasteiger partial charge in [-0.05, 0) is 44.7 Å². The van der Waals surface area contributed by atoms with Gasteiger partial charge in [-0.1, -0.05) is 33.1 Å². The van der Waals surface area contributed by atoms with Gasteiger partial charge in [0.05, 0.1) is 6.61 Å². The quantitative estimate of drug-likeness (QED) is 0.666. The molecule has 1 amide bonds. The molecule has 0 aromatic carbocycles. The van der Waals surface area contributed by atoms with Crippen LogP contribution in [0.4, 0.5) is 4.79 Å². The molecule has 0 bridgehead atoms. The van der Waals surface area contributed by atoms with E-state index in [0.717, 1.165) is 38.3 Å². The Bertz CT molecular complexity index is 238. The lowest BCUT2D eigenvalue weighted by molar-refractivity contribution is 0.138. The first-order valence-corrected chi connectivity index (χ1v) is 7.82. The molecule has 4 nitrogen and oxygen atoms in total. The molecular weight excluding hydrogens is 240 g/mol. The molecule has 1 aliphatic carbocycles. The summed E-state index contributed by atoms with van der Waals surface area (Å²) in [7, 11) is 0. The van der Waals surface area contributed by atoms with Crippen LogP contribution in [-0.2, 0) is 4.74 Å². The molecule has 1 aliphatic rings. The van der Waals surface area contributed by atoms with Crippen LogP contribution in [0.3, 0.4) is 0 Å². The number of rotatable bonds is 8. The summed E-state index contributed by atoms with van der Waals surface area (Å²) in [5.74, 6) is 0.741. The van der Waals surface area contributed by atoms with Crippen molar-refractivity contribution in [2.45, 2.75) is 64.8 Å². The van der Waals surface area contributed by atoms with Gasteiger partial charge in [-0.2, -0.15) is 0 Å². The number of alkyl carbamates (subject to hydrolysis) is 1. The smallest absolute Gasteiger partial charge is 0.407 e. The number of nitrogens with one attached hydrogen (secondary N) is 2. The van der Waals surface area contributed by atoms with Gasteiger partial charge in [-0.15, -0.1) is 0 Å². The van der Waals surface area contributed by atoms with Crippen molar-refractivity contribution in [3.8, 4) is 0 Å². The van der Waals surface area contributed by atoms with Gasteiger partial charge >= 0.3 is 6.09 Å². The van der Waals surface area contributed by atoms with Gasteiger partial charge < -0.3 is 15.4 Å². The Morgan fingerprint density at radius 3 is 2.63 bits per heavy atom. The van der Waals surface area contributed by atoms with E-state index < -0.39 is 0 Å². The summed E-state index contributed by atoms with van der Waals surface area (Å²) >= 11 is 0. The Morgan fingerprint density at radius 1 is 1.21 bits per heavy atom. The third-order valence-electron chi connectivity index (χ3n) is 3.56. The Labute approximate surface area is 117 Å². The number of ether oxygens (including phenoxy) is 1. The molecule has 2 N–H and O–H groups in total. The van der Waals surface area contributed by atoms with Crippen LogP contribution in [-0.4, -0.2) is 31.8 Å². The Morgan fingerprint density at radius 2 is 1.95 bits per heavy atom. The van der Waals surface area contributed by atoms with Crippen LogP contribution >= 0.6 is 0 Å². The average molecular weight is 270 g/mol.